The van der Waals surface area contributed by atoms with Gasteiger partial charge in [0.25, 0.3) is 0 Å². The van der Waals surface area contributed by atoms with Crippen molar-refractivity contribution in [3.63, 3.8) is 0 Å². The highest BCUT2D eigenvalue weighted by atomic mass is 16.4. The number of carboxylic acids is 1. The molecule has 1 aromatic rings. The molecule has 5 nitrogen and oxygen atoms in total. The topological polar surface area (TPSA) is 68.0 Å². The van der Waals surface area contributed by atoms with Crippen LogP contribution in [0.15, 0.2) is 6.33 Å². The van der Waals surface area contributed by atoms with Crippen LogP contribution < -0.4 is 0 Å². The lowest BCUT2D eigenvalue weighted by molar-refractivity contribution is -0.149. The van der Waals surface area contributed by atoms with E-state index in [1.54, 1.807) is 0 Å². The highest BCUT2D eigenvalue weighted by Gasteiger charge is 2.36. The molecule has 0 atom stereocenters. The van der Waals surface area contributed by atoms with Crippen molar-refractivity contribution >= 4 is 5.97 Å². The molecular formula is C13H23N3O2. The van der Waals surface area contributed by atoms with E-state index in [-0.39, 0.29) is 0 Å². The summed E-state index contributed by atoms with van der Waals surface area (Å²) in [6.07, 6.45) is 3.17. The van der Waals surface area contributed by atoms with Gasteiger partial charge in [-0.3, -0.25) is 4.79 Å². The molecule has 0 fully saturated rings. The molecule has 0 radical (unpaired) electrons. The van der Waals surface area contributed by atoms with Crippen molar-refractivity contribution in [1.82, 2.24) is 14.8 Å². The first kappa shape index (κ1) is 14.7. The summed E-state index contributed by atoms with van der Waals surface area (Å²) in [7, 11) is 0. The van der Waals surface area contributed by atoms with E-state index in [2.05, 4.69) is 23.9 Å². The van der Waals surface area contributed by atoms with Crippen LogP contribution in [0.4, 0.5) is 0 Å². The van der Waals surface area contributed by atoms with E-state index in [1.807, 2.05) is 18.5 Å². The van der Waals surface area contributed by atoms with Crippen LogP contribution in [0.25, 0.3) is 0 Å². The number of aromatic nitrogens is 3. The highest BCUT2D eigenvalue weighted by Crippen LogP contribution is 2.30. The molecule has 0 unspecified atom stereocenters. The van der Waals surface area contributed by atoms with Crippen molar-refractivity contribution in [2.24, 2.45) is 11.3 Å². The predicted octanol–water partition coefficient (Wildman–Crippen LogP) is 2.37. The normalized spacial score (nSPS) is 12.1. The van der Waals surface area contributed by atoms with Crippen molar-refractivity contribution in [1.29, 1.82) is 0 Å². The van der Waals surface area contributed by atoms with Crippen LogP contribution in [0, 0.1) is 11.3 Å². The summed E-state index contributed by atoms with van der Waals surface area (Å²) >= 11 is 0. The first-order valence-corrected chi connectivity index (χ1v) is 6.55. The summed E-state index contributed by atoms with van der Waals surface area (Å²) < 4.78 is 1.83. The summed E-state index contributed by atoms with van der Waals surface area (Å²) in [4.78, 5) is 15.7. The first-order chi connectivity index (χ1) is 8.45. The Kier molecular flexibility index (Phi) is 4.87. The molecule has 1 N–H and O–H groups in total. The average molecular weight is 253 g/mol. The fourth-order valence-electron chi connectivity index (χ4n) is 2.10. The van der Waals surface area contributed by atoms with E-state index < -0.39 is 11.4 Å². The summed E-state index contributed by atoms with van der Waals surface area (Å²) in [5.41, 5.74) is -0.720. The van der Waals surface area contributed by atoms with Crippen LogP contribution in [0.5, 0.6) is 0 Å². The van der Waals surface area contributed by atoms with Gasteiger partial charge in [0.2, 0.25) is 0 Å². The van der Waals surface area contributed by atoms with Gasteiger partial charge in [0, 0.05) is 13.0 Å². The molecule has 1 aromatic heterocycles. The molecule has 102 valence electrons. The Morgan fingerprint density at radius 1 is 1.44 bits per heavy atom. The molecule has 1 heterocycles. The fourth-order valence-corrected chi connectivity index (χ4v) is 2.10. The van der Waals surface area contributed by atoms with Crippen molar-refractivity contribution in [3.05, 3.63) is 12.2 Å². The molecule has 18 heavy (non-hydrogen) atoms. The van der Waals surface area contributed by atoms with Crippen molar-refractivity contribution in [2.75, 3.05) is 0 Å². The Morgan fingerprint density at radius 2 is 2.06 bits per heavy atom. The van der Waals surface area contributed by atoms with E-state index in [4.69, 9.17) is 0 Å². The number of rotatable bonds is 7. The lowest BCUT2D eigenvalue weighted by atomic mass is 9.79. The van der Waals surface area contributed by atoms with Gasteiger partial charge in [-0.25, -0.2) is 9.67 Å². The molecule has 0 spiro atoms. The molecule has 0 aliphatic carbocycles. The third kappa shape index (κ3) is 3.09. The third-order valence-electron chi connectivity index (χ3n) is 3.54. The van der Waals surface area contributed by atoms with Gasteiger partial charge in [-0.2, -0.15) is 5.10 Å². The van der Waals surface area contributed by atoms with Crippen LogP contribution in [0.1, 0.15) is 46.4 Å². The maximum atomic E-state index is 11.5. The lowest BCUT2D eigenvalue weighted by Crippen LogP contribution is -2.33. The number of hydrogen-bond acceptors (Lipinski definition) is 3. The largest absolute Gasteiger partial charge is 0.481 e. The van der Waals surface area contributed by atoms with Crippen molar-refractivity contribution in [2.45, 2.75) is 53.5 Å². The Morgan fingerprint density at radius 3 is 2.50 bits per heavy atom. The minimum Gasteiger partial charge on any atom is -0.481 e. The minimum absolute atomic E-state index is 0.446. The number of carbonyl (C=O) groups is 1. The van der Waals surface area contributed by atoms with E-state index in [1.165, 1.54) is 6.33 Å². The molecule has 0 aliphatic heterocycles. The van der Waals surface area contributed by atoms with Gasteiger partial charge in [0.1, 0.15) is 12.2 Å². The summed E-state index contributed by atoms with van der Waals surface area (Å²) in [5, 5.41) is 13.6. The smallest absolute Gasteiger partial charge is 0.310 e. The van der Waals surface area contributed by atoms with E-state index in [0.29, 0.717) is 25.2 Å². The van der Waals surface area contributed by atoms with Gasteiger partial charge in [-0.1, -0.05) is 27.7 Å². The van der Waals surface area contributed by atoms with Crippen molar-refractivity contribution < 1.29 is 9.90 Å². The molecule has 1 rings (SSSR count). The van der Waals surface area contributed by atoms with E-state index >= 15 is 0 Å². The van der Waals surface area contributed by atoms with Crippen LogP contribution in [-0.4, -0.2) is 25.8 Å². The van der Waals surface area contributed by atoms with Crippen molar-refractivity contribution in [3.8, 4) is 0 Å². The number of hydrogen-bond donors (Lipinski definition) is 1. The zero-order valence-electron chi connectivity index (χ0n) is 11.7. The standard InChI is InChI=1S/C13H23N3O2/c1-5-13(6-2,12(17)18)7-11-14-9-15-16(11)8-10(3)4/h9-10H,5-8H2,1-4H3,(H,17,18). The number of aliphatic carboxylic acids is 1. The molecule has 5 heteroatoms. The second-order valence-electron chi connectivity index (χ2n) is 5.22. The summed E-state index contributed by atoms with van der Waals surface area (Å²) in [6.45, 7) is 8.82. The quantitative estimate of drug-likeness (QED) is 0.810. The SMILES string of the molecule is CCC(CC)(Cc1ncnn1CC(C)C)C(=O)O. The van der Waals surface area contributed by atoms with Crippen LogP contribution >= 0.6 is 0 Å². The Labute approximate surface area is 108 Å². The third-order valence-corrected chi connectivity index (χ3v) is 3.54. The van der Waals surface area contributed by atoms with Crippen LogP contribution in [-0.2, 0) is 17.8 Å². The second kappa shape index (κ2) is 5.98. The molecule has 0 saturated carbocycles. The van der Waals surface area contributed by atoms with Crippen LogP contribution in [0.2, 0.25) is 0 Å². The monoisotopic (exact) mass is 253 g/mol. The molecule has 0 amide bonds. The molecule has 0 saturated heterocycles. The molecule has 0 aliphatic rings. The van der Waals surface area contributed by atoms with Gasteiger partial charge in [-0.15, -0.1) is 0 Å². The molecule has 0 aromatic carbocycles. The minimum atomic E-state index is -0.744. The highest BCUT2D eigenvalue weighted by molar-refractivity contribution is 5.74. The van der Waals surface area contributed by atoms with Gasteiger partial charge < -0.3 is 5.11 Å². The lowest BCUT2D eigenvalue weighted by Gasteiger charge is -2.26. The van der Waals surface area contributed by atoms with Gasteiger partial charge in [-0.05, 0) is 18.8 Å². The van der Waals surface area contributed by atoms with Gasteiger partial charge in [0.05, 0.1) is 5.41 Å². The average Bonchev–Trinajstić information content (AvgIpc) is 2.72. The zero-order valence-corrected chi connectivity index (χ0v) is 11.7. The van der Waals surface area contributed by atoms with E-state index in [0.717, 1.165) is 12.4 Å². The second-order valence-corrected chi connectivity index (χ2v) is 5.22. The van der Waals surface area contributed by atoms with E-state index in [9.17, 15) is 9.90 Å². The fraction of sp³-hybridized carbons (Fsp3) is 0.769. The van der Waals surface area contributed by atoms with Crippen LogP contribution in [0.3, 0.4) is 0 Å². The maximum absolute atomic E-state index is 11.5. The molecule has 0 bridgehead atoms. The Hall–Kier alpha value is -1.39. The number of nitrogens with zero attached hydrogens (tertiary/aromatic N) is 3. The number of carboxylic acid groups (broad SMARTS) is 1. The summed E-state index contributed by atoms with van der Waals surface area (Å²) in [6, 6.07) is 0. The first-order valence-electron chi connectivity index (χ1n) is 6.55. The Bertz CT molecular complexity index is 395. The predicted molar refractivity (Wildman–Crippen MR) is 69.2 cm³/mol. The molecular weight excluding hydrogens is 230 g/mol. The van der Waals surface area contributed by atoms with Gasteiger partial charge in [0.15, 0.2) is 0 Å². The summed E-state index contributed by atoms with van der Waals surface area (Å²) in [5.74, 6) is 0.495. The zero-order chi connectivity index (χ0) is 13.8. The Balaban J connectivity index is 2.94. The maximum Gasteiger partial charge on any atom is 0.310 e. The van der Waals surface area contributed by atoms with Gasteiger partial charge >= 0.3 is 5.97 Å².